The van der Waals surface area contributed by atoms with Gasteiger partial charge in [0.25, 0.3) is 0 Å². The second kappa shape index (κ2) is 6.77. The Bertz CT molecular complexity index is 286. The lowest BCUT2D eigenvalue weighted by Crippen LogP contribution is -2.24. The standard InChI is InChI=1S/C13H23NO3/c1-4-11(13(16)17-3)5-7-14-8-6-12(9-14)10(2)15/h5,10,12,15H,4,6-9H2,1-3H3. The molecule has 1 saturated heterocycles. The molecule has 2 unspecified atom stereocenters. The molecular formula is C13H23NO3. The zero-order valence-electron chi connectivity index (χ0n) is 11.0. The summed E-state index contributed by atoms with van der Waals surface area (Å²) >= 11 is 0. The first-order chi connectivity index (χ1) is 8.08. The number of ether oxygens (including phenoxy) is 1. The molecule has 0 amide bonds. The fourth-order valence-corrected chi connectivity index (χ4v) is 2.16. The SMILES string of the molecule is CCC(=CCN1CCC(C(C)O)C1)C(=O)OC. The quantitative estimate of drug-likeness (QED) is 0.580. The Kier molecular flexibility index (Phi) is 5.65. The van der Waals surface area contributed by atoms with Crippen LogP contribution >= 0.6 is 0 Å². The van der Waals surface area contributed by atoms with Gasteiger partial charge in [-0.25, -0.2) is 4.79 Å². The highest BCUT2D eigenvalue weighted by atomic mass is 16.5. The Morgan fingerprint density at radius 1 is 1.65 bits per heavy atom. The van der Waals surface area contributed by atoms with Crippen LogP contribution in [0.15, 0.2) is 11.6 Å². The van der Waals surface area contributed by atoms with Crippen molar-refractivity contribution in [2.45, 2.75) is 32.8 Å². The molecule has 0 saturated carbocycles. The van der Waals surface area contributed by atoms with Gasteiger partial charge in [-0.3, -0.25) is 4.90 Å². The van der Waals surface area contributed by atoms with E-state index in [0.29, 0.717) is 12.3 Å². The van der Waals surface area contributed by atoms with E-state index in [9.17, 15) is 9.90 Å². The number of esters is 1. The third-order valence-corrected chi connectivity index (χ3v) is 3.42. The summed E-state index contributed by atoms with van der Waals surface area (Å²) in [4.78, 5) is 13.6. The molecule has 0 bridgehead atoms. The normalized spacial score (nSPS) is 23.8. The predicted molar refractivity (Wildman–Crippen MR) is 66.6 cm³/mol. The van der Waals surface area contributed by atoms with Crippen molar-refractivity contribution in [1.82, 2.24) is 4.90 Å². The number of nitrogens with zero attached hydrogens (tertiary/aromatic N) is 1. The summed E-state index contributed by atoms with van der Waals surface area (Å²) in [5, 5.41) is 9.50. The van der Waals surface area contributed by atoms with Gasteiger partial charge in [0, 0.05) is 18.7 Å². The predicted octanol–water partition coefficient (Wildman–Crippen LogP) is 1.20. The molecule has 0 aromatic rings. The van der Waals surface area contributed by atoms with Crippen LogP contribution in [-0.4, -0.2) is 48.8 Å². The van der Waals surface area contributed by atoms with Crippen molar-refractivity contribution in [2.75, 3.05) is 26.7 Å². The number of rotatable bonds is 5. The third kappa shape index (κ3) is 4.13. The van der Waals surface area contributed by atoms with Crippen LogP contribution in [0.2, 0.25) is 0 Å². The van der Waals surface area contributed by atoms with Gasteiger partial charge < -0.3 is 9.84 Å². The van der Waals surface area contributed by atoms with Gasteiger partial charge in [-0.2, -0.15) is 0 Å². The van der Waals surface area contributed by atoms with E-state index in [1.807, 2.05) is 19.9 Å². The highest BCUT2D eigenvalue weighted by Crippen LogP contribution is 2.19. The molecular weight excluding hydrogens is 218 g/mol. The second-order valence-corrected chi connectivity index (χ2v) is 4.62. The van der Waals surface area contributed by atoms with Crippen LogP contribution in [0, 0.1) is 5.92 Å². The maximum absolute atomic E-state index is 11.4. The molecule has 1 aliphatic heterocycles. The molecule has 0 aliphatic carbocycles. The second-order valence-electron chi connectivity index (χ2n) is 4.62. The number of hydrogen-bond donors (Lipinski definition) is 1. The minimum Gasteiger partial charge on any atom is -0.466 e. The average molecular weight is 241 g/mol. The van der Waals surface area contributed by atoms with E-state index in [0.717, 1.165) is 31.6 Å². The zero-order valence-corrected chi connectivity index (χ0v) is 11.0. The van der Waals surface area contributed by atoms with Crippen molar-refractivity contribution in [3.05, 3.63) is 11.6 Å². The van der Waals surface area contributed by atoms with Crippen LogP contribution in [-0.2, 0) is 9.53 Å². The number of aliphatic hydroxyl groups excluding tert-OH is 1. The monoisotopic (exact) mass is 241 g/mol. The Labute approximate surface area is 103 Å². The summed E-state index contributed by atoms with van der Waals surface area (Å²) in [5.74, 6) is 0.130. The lowest BCUT2D eigenvalue weighted by Gasteiger charge is -2.16. The van der Waals surface area contributed by atoms with Gasteiger partial charge in [0.2, 0.25) is 0 Å². The van der Waals surface area contributed by atoms with E-state index in [-0.39, 0.29) is 12.1 Å². The molecule has 98 valence electrons. The molecule has 1 rings (SSSR count). The highest BCUT2D eigenvalue weighted by Gasteiger charge is 2.25. The van der Waals surface area contributed by atoms with Gasteiger partial charge in [0.15, 0.2) is 0 Å². The van der Waals surface area contributed by atoms with E-state index in [1.165, 1.54) is 7.11 Å². The molecule has 0 spiro atoms. The number of methoxy groups -OCH3 is 1. The van der Waals surface area contributed by atoms with Crippen molar-refractivity contribution in [3.8, 4) is 0 Å². The van der Waals surface area contributed by atoms with Crippen molar-refractivity contribution in [2.24, 2.45) is 5.92 Å². The molecule has 0 aromatic heterocycles. The summed E-state index contributed by atoms with van der Waals surface area (Å²) in [6, 6.07) is 0. The lowest BCUT2D eigenvalue weighted by molar-refractivity contribution is -0.136. The van der Waals surface area contributed by atoms with Gasteiger partial charge in [0.05, 0.1) is 13.2 Å². The van der Waals surface area contributed by atoms with Gasteiger partial charge >= 0.3 is 5.97 Å². The van der Waals surface area contributed by atoms with Gasteiger partial charge in [-0.05, 0) is 32.2 Å². The first-order valence-electron chi connectivity index (χ1n) is 6.26. The van der Waals surface area contributed by atoms with E-state index in [4.69, 9.17) is 4.74 Å². The molecule has 1 aliphatic rings. The minimum atomic E-state index is -0.241. The molecule has 1 N–H and O–H groups in total. The summed E-state index contributed by atoms with van der Waals surface area (Å²) in [6.45, 7) is 6.46. The van der Waals surface area contributed by atoms with Gasteiger partial charge in [0.1, 0.15) is 0 Å². The van der Waals surface area contributed by atoms with Crippen molar-refractivity contribution < 1.29 is 14.6 Å². The first-order valence-corrected chi connectivity index (χ1v) is 6.26. The number of likely N-dealkylation sites (tertiary alicyclic amines) is 1. The summed E-state index contributed by atoms with van der Waals surface area (Å²) < 4.78 is 4.71. The van der Waals surface area contributed by atoms with Crippen molar-refractivity contribution in [3.63, 3.8) is 0 Å². The number of carbonyl (C=O) groups is 1. The van der Waals surface area contributed by atoms with E-state index >= 15 is 0 Å². The van der Waals surface area contributed by atoms with E-state index in [1.54, 1.807) is 0 Å². The smallest absolute Gasteiger partial charge is 0.333 e. The van der Waals surface area contributed by atoms with E-state index < -0.39 is 0 Å². The Balaban J connectivity index is 2.45. The summed E-state index contributed by atoms with van der Waals surface area (Å²) in [6.07, 6.45) is 3.43. The molecule has 0 radical (unpaired) electrons. The maximum Gasteiger partial charge on any atom is 0.333 e. The largest absolute Gasteiger partial charge is 0.466 e. The van der Waals surface area contributed by atoms with Gasteiger partial charge in [-0.1, -0.05) is 13.0 Å². The van der Waals surface area contributed by atoms with Crippen molar-refractivity contribution in [1.29, 1.82) is 0 Å². The fraction of sp³-hybridized carbons (Fsp3) is 0.769. The molecule has 4 heteroatoms. The Morgan fingerprint density at radius 3 is 2.82 bits per heavy atom. The Hall–Kier alpha value is -0.870. The highest BCUT2D eigenvalue weighted by molar-refractivity contribution is 5.88. The third-order valence-electron chi connectivity index (χ3n) is 3.42. The number of aliphatic hydroxyl groups is 1. The lowest BCUT2D eigenvalue weighted by atomic mass is 10.0. The molecule has 2 atom stereocenters. The molecule has 17 heavy (non-hydrogen) atoms. The zero-order chi connectivity index (χ0) is 12.8. The fourth-order valence-electron chi connectivity index (χ4n) is 2.16. The van der Waals surface area contributed by atoms with Crippen LogP contribution in [0.1, 0.15) is 26.7 Å². The topological polar surface area (TPSA) is 49.8 Å². The van der Waals surface area contributed by atoms with Crippen LogP contribution in [0.3, 0.4) is 0 Å². The minimum absolute atomic E-state index is 0.237. The van der Waals surface area contributed by atoms with Crippen molar-refractivity contribution >= 4 is 5.97 Å². The van der Waals surface area contributed by atoms with Crippen LogP contribution in [0.25, 0.3) is 0 Å². The Morgan fingerprint density at radius 2 is 2.35 bits per heavy atom. The number of hydrogen-bond acceptors (Lipinski definition) is 4. The maximum atomic E-state index is 11.4. The number of carbonyl (C=O) groups excluding carboxylic acids is 1. The molecule has 0 aromatic carbocycles. The molecule has 1 fully saturated rings. The molecule has 1 heterocycles. The first kappa shape index (κ1) is 14.2. The molecule has 4 nitrogen and oxygen atoms in total. The summed E-state index contributed by atoms with van der Waals surface area (Å²) in [5.41, 5.74) is 0.730. The van der Waals surface area contributed by atoms with Gasteiger partial charge in [-0.15, -0.1) is 0 Å². The summed E-state index contributed by atoms with van der Waals surface area (Å²) in [7, 11) is 1.41. The average Bonchev–Trinajstić information content (AvgIpc) is 2.78. The van der Waals surface area contributed by atoms with Crippen LogP contribution in [0.4, 0.5) is 0 Å². The van der Waals surface area contributed by atoms with Crippen LogP contribution < -0.4 is 0 Å². The van der Waals surface area contributed by atoms with Crippen LogP contribution in [0.5, 0.6) is 0 Å². The van der Waals surface area contributed by atoms with E-state index in [2.05, 4.69) is 4.90 Å².